The van der Waals surface area contributed by atoms with E-state index in [1.807, 2.05) is 0 Å². The van der Waals surface area contributed by atoms with Crippen molar-refractivity contribution in [1.29, 1.82) is 5.26 Å². The highest BCUT2D eigenvalue weighted by molar-refractivity contribution is 9.10. The van der Waals surface area contributed by atoms with Crippen LogP contribution in [0, 0.1) is 11.3 Å². The van der Waals surface area contributed by atoms with Crippen molar-refractivity contribution in [3.05, 3.63) is 27.2 Å². The Kier molecular flexibility index (Phi) is 3.43. The van der Waals surface area contributed by atoms with Gasteiger partial charge in [0, 0.05) is 15.2 Å². The number of halogens is 3. The monoisotopic (exact) mass is 313 g/mol. The van der Waals surface area contributed by atoms with Crippen molar-refractivity contribution < 1.29 is 8.42 Å². The molecule has 0 bridgehead atoms. The first-order chi connectivity index (χ1) is 6.38. The number of rotatable bonds is 1. The van der Waals surface area contributed by atoms with Gasteiger partial charge in [-0.1, -0.05) is 11.6 Å². The van der Waals surface area contributed by atoms with Gasteiger partial charge in [-0.3, -0.25) is 0 Å². The molecule has 14 heavy (non-hydrogen) atoms. The molecule has 0 aliphatic rings. The first kappa shape index (κ1) is 11.8. The van der Waals surface area contributed by atoms with Gasteiger partial charge in [-0.05, 0) is 28.1 Å². The Hall–Kier alpha value is -0.280. The van der Waals surface area contributed by atoms with E-state index in [0.717, 1.165) is 0 Å². The van der Waals surface area contributed by atoms with Crippen molar-refractivity contribution in [1.82, 2.24) is 0 Å². The smallest absolute Gasteiger partial charge is 0.207 e. The van der Waals surface area contributed by atoms with E-state index in [9.17, 15) is 8.42 Å². The number of hydrogen-bond donors (Lipinski definition) is 0. The topological polar surface area (TPSA) is 57.9 Å². The van der Waals surface area contributed by atoms with Gasteiger partial charge in [-0.15, -0.1) is 0 Å². The Bertz CT molecular complexity index is 521. The molecule has 0 unspecified atom stereocenters. The fourth-order valence-electron chi connectivity index (χ4n) is 0.876. The van der Waals surface area contributed by atoms with Gasteiger partial charge >= 0.3 is 0 Å². The first-order valence-electron chi connectivity index (χ1n) is 3.20. The van der Waals surface area contributed by atoms with Crippen LogP contribution in [-0.4, -0.2) is 8.42 Å². The standard InChI is InChI=1S/C7H2BrCl2NO2S/c8-5-1-2-6(9)4(3-11)7(5)14(10,12)13/h1-2H. The molecule has 3 nitrogen and oxygen atoms in total. The van der Waals surface area contributed by atoms with E-state index in [1.54, 1.807) is 6.07 Å². The summed E-state index contributed by atoms with van der Waals surface area (Å²) in [5.74, 6) is 0. The predicted octanol–water partition coefficient (Wildman–Crippen LogP) is 2.90. The minimum Gasteiger partial charge on any atom is -0.207 e. The summed E-state index contributed by atoms with van der Waals surface area (Å²) in [6.07, 6.45) is 0. The summed E-state index contributed by atoms with van der Waals surface area (Å²) in [6, 6.07) is 4.51. The maximum atomic E-state index is 11.1. The molecule has 7 heteroatoms. The Morgan fingerprint density at radius 2 is 2.00 bits per heavy atom. The van der Waals surface area contributed by atoms with Crippen molar-refractivity contribution in [2.45, 2.75) is 4.90 Å². The van der Waals surface area contributed by atoms with Crippen LogP contribution in [-0.2, 0) is 9.05 Å². The minimum absolute atomic E-state index is 0.0509. The lowest BCUT2D eigenvalue weighted by Gasteiger charge is -2.03. The van der Waals surface area contributed by atoms with E-state index >= 15 is 0 Å². The van der Waals surface area contributed by atoms with Gasteiger partial charge in [0.05, 0.1) is 10.6 Å². The molecule has 0 aromatic heterocycles. The highest BCUT2D eigenvalue weighted by atomic mass is 79.9. The van der Waals surface area contributed by atoms with Crippen LogP contribution in [0.15, 0.2) is 21.5 Å². The fraction of sp³-hybridized carbons (Fsp3) is 0. The molecule has 0 fully saturated rings. The molecular formula is C7H2BrCl2NO2S. The van der Waals surface area contributed by atoms with Gasteiger partial charge in [0.25, 0.3) is 9.05 Å². The highest BCUT2D eigenvalue weighted by Gasteiger charge is 2.21. The molecule has 0 saturated carbocycles. The van der Waals surface area contributed by atoms with Crippen molar-refractivity contribution in [3.63, 3.8) is 0 Å². The summed E-state index contributed by atoms with van der Waals surface area (Å²) in [4.78, 5) is -0.297. The number of benzene rings is 1. The van der Waals surface area contributed by atoms with E-state index in [0.29, 0.717) is 0 Å². The third kappa shape index (κ3) is 2.20. The van der Waals surface area contributed by atoms with Crippen LogP contribution in [0.1, 0.15) is 5.56 Å². The van der Waals surface area contributed by atoms with Crippen molar-refractivity contribution in [2.75, 3.05) is 0 Å². The predicted molar refractivity (Wildman–Crippen MR) is 56.9 cm³/mol. The summed E-state index contributed by atoms with van der Waals surface area (Å²) in [5, 5.41) is 8.76. The molecule has 0 aliphatic heterocycles. The SMILES string of the molecule is N#Cc1c(Cl)ccc(Br)c1S(=O)(=O)Cl. The molecule has 0 aliphatic carbocycles. The first-order valence-corrected chi connectivity index (χ1v) is 6.68. The number of nitrogens with zero attached hydrogens (tertiary/aromatic N) is 1. The van der Waals surface area contributed by atoms with Gasteiger partial charge in [0.1, 0.15) is 11.0 Å². The van der Waals surface area contributed by atoms with Gasteiger partial charge in [-0.25, -0.2) is 8.42 Å². The van der Waals surface area contributed by atoms with Crippen molar-refractivity contribution in [3.8, 4) is 6.07 Å². The second-order valence-corrected chi connectivity index (χ2v) is 6.05. The summed E-state index contributed by atoms with van der Waals surface area (Å²) in [6.45, 7) is 0. The third-order valence-corrected chi connectivity index (χ3v) is 4.03. The normalized spacial score (nSPS) is 11.0. The Morgan fingerprint density at radius 1 is 1.43 bits per heavy atom. The van der Waals surface area contributed by atoms with E-state index in [2.05, 4.69) is 15.9 Å². The second kappa shape index (κ2) is 4.07. The maximum Gasteiger partial charge on any atom is 0.263 e. The molecular weight excluding hydrogens is 313 g/mol. The average Bonchev–Trinajstić information content (AvgIpc) is 2.06. The lowest BCUT2D eigenvalue weighted by Crippen LogP contribution is -1.97. The minimum atomic E-state index is -3.98. The van der Waals surface area contributed by atoms with E-state index in [-0.39, 0.29) is 20.0 Å². The zero-order valence-electron chi connectivity index (χ0n) is 6.46. The molecule has 0 N–H and O–H groups in total. The van der Waals surface area contributed by atoms with Crippen LogP contribution in [0.2, 0.25) is 5.02 Å². The van der Waals surface area contributed by atoms with Crippen LogP contribution in [0.3, 0.4) is 0 Å². The third-order valence-electron chi connectivity index (χ3n) is 1.41. The van der Waals surface area contributed by atoms with Crippen LogP contribution in [0.4, 0.5) is 0 Å². The van der Waals surface area contributed by atoms with Crippen molar-refractivity contribution in [2.24, 2.45) is 0 Å². The van der Waals surface area contributed by atoms with Gasteiger partial charge in [-0.2, -0.15) is 5.26 Å². The van der Waals surface area contributed by atoms with E-state index < -0.39 is 9.05 Å². The van der Waals surface area contributed by atoms with Crippen LogP contribution in [0.5, 0.6) is 0 Å². The average molecular weight is 315 g/mol. The molecule has 0 spiro atoms. The lowest BCUT2D eigenvalue weighted by atomic mass is 10.2. The Balaban J connectivity index is 3.74. The molecule has 1 aromatic rings. The molecule has 74 valence electrons. The van der Waals surface area contributed by atoms with Crippen LogP contribution in [0.25, 0.3) is 0 Å². The molecule has 1 aromatic carbocycles. The number of hydrogen-bond acceptors (Lipinski definition) is 3. The lowest BCUT2D eigenvalue weighted by molar-refractivity contribution is 0.609. The van der Waals surface area contributed by atoms with E-state index in [1.165, 1.54) is 12.1 Å². The summed E-state index contributed by atoms with van der Waals surface area (Å²) >= 11 is 8.63. The maximum absolute atomic E-state index is 11.1. The zero-order chi connectivity index (χ0) is 10.9. The Labute approximate surface area is 98.8 Å². The molecule has 0 amide bonds. The molecule has 0 radical (unpaired) electrons. The van der Waals surface area contributed by atoms with Gasteiger partial charge in [0.2, 0.25) is 0 Å². The fourth-order valence-corrected chi connectivity index (χ4v) is 3.56. The summed E-state index contributed by atoms with van der Waals surface area (Å²) < 4.78 is 22.4. The molecule has 0 saturated heterocycles. The quantitative estimate of drug-likeness (QED) is 0.749. The highest BCUT2D eigenvalue weighted by Crippen LogP contribution is 2.32. The van der Waals surface area contributed by atoms with Gasteiger partial charge < -0.3 is 0 Å². The largest absolute Gasteiger partial charge is 0.263 e. The number of nitriles is 1. The molecule has 1 rings (SSSR count). The zero-order valence-corrected chi connectivity index (χ0v) is 10.4. The van der Waals surface area contributed by atoms with E-state index in [4.69, 9.17) is 27.5 Å². The molecule has 0 heterocycles. The van der Waals surface area contributed by atoms with Gasteiger partial charge in [0.15, 0.2) is 0 Å². The summed E-state index contributed by atoms with van der Waals surface area (Å²) in [7, 11) is 1.17. The van der Waals surface area contributed by atoms with Crippen LogP contribution >= 0.6 is 38.2 Å². The molecule has 0 atom stereocenters. The Morgan fingerprint density at radius 3 is 2.36 bits per heavy atom. The van der Waals surface area contributed by atoms with Crippen molar-refractivity contribution >= 4 is 47.3 Å². The second-order valence-electron chi connectivity index (χ2n) is 2.28. The summed E-state index contributed by atoms with van der Waals surface area (Å²) in [5.41, 5.74) is -0.156. The van der Waals surface area contributed by atoms with Crippen LogP contribution < -0.4 is 0 Å².